The molecular weight excluding hydrogens is 247 g/mol. The van der Waals surface area contributed by atoms with Crippen LogP contribution < -0.4 is 0 Å². The number of fused-ring (bicyclic) bond motifs is 1. The van der Waals surface area contributed by atoms with Gasteiger partial charge in [0.25, 0.3) is 0 Å². The van der Waals surface area contributed by atoms with Crippen LogP contribution in [-0.4, -0.2) is 6.29 Å². The molecule has 0 aromatic heterocycles. The smallest absolute Gasteiger partial charge is 0.151 e. The van der Waals surface area contributed by atoms with Gasteiger partial charge in [0.1, 0.15) is 5.82 Å². The minimum atomic E-state index is -0.275. The molecule has 14 heavy (non-hydrogen) atoms. The Bertz CT molecular complexity index is 508. The number of carbonyl (C=O) groups excluding carboxylic acids is 1. The van der Waals surface area contributed by atoms with Gasteiger partial charge in [0, 0.05) is 10.0 Å². The van der Waals surface area contributed by atoms with Crippen molar-refractivity contribution in [3.05, 3.63) is 46.2 Å². The third-order valence-corrected chi connectivity index (χ3v) is 2.96. The van der Waals surface area contributed by atoms with Crippen LogP contribution in [0.15, 0.2) is 34.8 Å². The standard InChI is InChI=1S/C11H6BrFO/c12-11-8(6-14)2-1-7-5-9(13)3-4-10(7)11/h1-6H. The number of rotatable bonds is 1. The second-order valence-corrected chi connectivity index (χ2v) is 3.75. The molecule has 0 aliphatic carbocycles. The first-order valence-corrected chi connectivity index (χ1v) is 4.84. The van der Waals surface area contributed by atoms with Gasteiger partial charge in [0.2, 0.25) is 0 Å². The first-order chi connectivity index (χ1) is 6.72. The van der Waals surface area contributed by atoms with Crippen molar-refractivity contribution >= 4 is 33.0 Å². The molecule has 0 saturated carbocycles. The van der Waals surface area contributed by atoms with Gasteiger partial charge in [-0.05, 0) is 44.9 Å². The normalized spacial score (nSPS) is 10.4. The van der Waals surface area contributed by atoms with Crippen molar-refractivity contribution in [3.63, 3.8) is 0 Å². The van der Waals surface area contributed by atoms with Crippen LogP contribution in [0.1, 0.15) is 10.4 Å². The molecule has 3 heteroatoms. The fourth-order valence-electron chi connectivity index (χ4n) is 1.37. The quantitative estimate of drug-likeness (QED) is 0.710. The predicted octanol–water partition coefficient (Wildman–Crippen LogP) is 3.55. The average Bonchev–Trinajstić information content (AvgIpc) is 2.18. The second kappa shape index (κ2) is 3.50. The number of aldehydes is 1. The Morgan fingerprint density at radius 2 is 2.00 bits per heavy atom. The van der Waals surface area contributed by atoms with Gasteiger partial charge in [-0.3, -0.25) is 4.79 Å². The van der Waals surface area contributed by atoms with E-state index in [1.807, 2.05) is 0 Å². The van der Waals surface area contributed by atoms with E-state index >= 15 is 0 Å². The molecule has 0 bridgehead atoms. The van der Waals surface area contributed by atoms with Crippen LogP contribution in [0.4, 0.5) is 4.39 Å². The van der Waals surface area contributed by atoms with E-state index in [-0.39, 0.29) is 5.82 Å². The highest BCUT2D eigenvalue weighted by Crippen LogP contribution is 2.27. The predicted molar refractivity (Wildman–Crippen MR) is 57.0 cm³/mol. The summed E-state index contributed by atoms with van der Waals surface area (Å²) in [5.41, 5.74) is 0.573. The van der Waals surface area contributed by atoms with Gasteiger partial charge >= 0.3 is 0 Å². The van der Waals surface area contributed by atoms with Crippen molar-refractivity contribution in [2.75, 3.05) is 0 Å². The Labute approximate surface area is 88.7 Å². The molecule has 0 amide bonds. The van der Waals surface area contributed by atoms with Crippen molar-refractivity contribution in [1.29, 1.82) is 0 Å². The molecule has 1 nitrogen and oxygen atoms in total. The van der Waals surface area contributed by atoms with E-state index < -0.39 is 0 Å². The zero-order valence-electron chi connectivity index (χ0n) is 7.13. The maximum atomic E-state index is 12.9. The van der Waals surface area contributed by atoms with Gasteiger partial charge < -0.3 is 0 Å². The third kappa shape index (κ3) is 1.44. The number of halogens is 2. The summed E-state index contributed by atoms with van der Waals surface area (Å²) in [6.07, 6.45) is 0.771. The number of hydrogen-bond donors (Lipinski definition) is 0. The van der Waals surface area contributed by atoms with E-state index in [0.29, 0.717) is 10.0 Å². The van der Waals surface area contributed by atoms with E-state index in [2.05, 4.69) is 15.9 Å². The Morgan fingerprint density at radius 3 is 2.71 bits per heavy atom. The summed E-state index contributed by atoms with van der Waals surface area (Å²) in [5, 5.41) is 1.62. The summed E-state index contributed by atoms with van der Waals surface area (Å²) >= 11 is 3.31. The minimum absolute atomic E-state index is 0.275. The molecule has 0 aliphatic rings. The Balaban J connectivity index is 2.83. The molecule has 0 atom stereocenters. The van der Waals surface area contributed by atoms with Gasteiger partial charge in [-0.1, -0.05) is 12.1 Å². The molecule has 0 radical (unpaired) electrons. The number of carbonyl (C=O) groups is 1. The molecule has 2 rings (SSSR count). The van der Waals surface area contributed by atoms with Crippen LogP contribution in [0.5, 0.6) is 0 Å². The molecule has 70 valence electrons. The Morgan fingerprint density at radius 1 is 1.21 bits per heavy atom. The molecular formula is C11H6BrFO. The maximum absolute atomic E-state index is 12.9. The van der Waals surface area contributed by atoms with Crippen molar-refractivity contribution in [3.8, 4) is 0 Å². The highest BCUT2D eigenvalue weighted by Gasteiger charge is 2.04. The van der Waals surface area contributed by atoms with Crippen molar-refractivity contribution in [2.45, 2.75) is 0 Å². The van der Waals surface area contributed by atoms with Gasteiger partial charge in [0.15, 0.2) is 6.29 Å². The number of benzene rings is 2. The maximum Gasteiger partial charge on any atom is 0.151 e. The summed E-state index contributed by atoms with van der Waals surface area (Å²) in [6.45, 7) is 0. The summed E-state index contributed by atoms with van der Waals surface area (Å²) in [5.74, 6) is -0.275. The zero-order valence-corrected chi connectivity index (χ0v) is 8.71. The molecule has 0 aliphatic heterocycles. The summed E-state index contributed by atoms with van der Waals surface area (Å²) < 4.78 is 13.6. The monoisotopic (exact) mass is 252 g/mol. The fourth-order valence-corrected chi connectivity index (χ4v) is 1.96. The Hall–Kier alpha value is -1.22. The summed E-state index contributed by atoms with van der Waals surface area (Å²) in [6, 6.07) is 7.86. The lowest BCUT2D eigenvalue weighted by Crippen LogP contribution is -1.85. The van der Waals surface area contributed by atoms with Crippen LogP contribution >= 0.6 is 15.9 Å². The van der Waals surface area contributed by atoms with Crippen molar-refractivity contribution < 1.29 is 9.18 Å². The number of hydrogen-bond acceptors (Lipinski definition) is 1. The van der Waals surface area contributed by atoms with Gasteiger partial charge in [0.05, 0.1) is 0 Å². The van der Waals surface area contributed by atoms with Crippen molar-refractivity contribution in [2.24, 2.45) is 0 Å². The topological polar surface area (TPSA) is 17.1 Å². The highest BCUT2D eigenvalue weighted by molar-refractivity contribution is 9.10. The van der Waals surface area contributed by atoms with Crippen molar-refractivity contribution in [1.82, 2.24) is 0 Å². The Kier molecular flexibility index (Phi) is 2.33. The second-order valence-electron chi connectivity index (χ2n) is 2.95. The minimum Gasteiger partial charge on any atom is -0.298 e. The highest BCUT2D eigenvalue weighted by atomic mass is 79.9. The van der Waals surface area contributed by atoms with E-state index in [9.17, 15) is 9.18 Å². The molecule has 0 N–H and O–H groups in total. The van der Waals surface area contributed by atoms with E-state index in [1.54, 1.807) is 18.2 Å². The molecule has 0 saturated heterocycles. The van der Waals surface area contributed by atoms with E-state index in [4.69, 9.17) is 0 Å². The van der Waals surface area contributed by atoms with Crippen LogP contribution in [0.3, 0.4) is 0 Å². The fraction of sp³-hybridized carbons (Fsp3) is 0. The van der Waals surface area contributed by atoms with Gasteiger partial charge in [-0.15, -0.1) is 0 Å². The molecule has 0 unspecified atom stereocenters. The summed E-state index contributed by atoms with van der Waals surface area (Å²) in [4.78, 5) is 10.6. The zero-order chi connectivity index (χ0) is 10.1. The molecule has 2 aromatic carbocycles. The summed E-state index contributed by atoms with van der Waals surface area (Å²) in [7, 11) is 0. The van der Waals surface area contributed by atoms with Crippen LogP contribution in [0.25, 0.3) is 10.8 Å². The lowest BCUT2D eigenvalue weighted by molar-refractivity contribution is 0.112. The molecule has 0 spiro atoms. The van der Waals surface area contributed by atoms with E-state index in [0.717, 1.165) is 17.1 Å². The van der Waals surface area contributed by atoms with Crippen LogP contribution in [0, 0.1) is 5.82 Å². The SMILES string of the molecule is O=Cc1ccc2cc(F)ccc2c1Br. The molecule has 0 fully saturated rings. The third-order valence-electron chi connectivity index (χ3n) is 2.07. The molecule has 0 heterocycles. The van der Waals surface area contributed by atoms with E-state index in [1.165, 1.54) is 12.1 Å². The average molecular weight is 253 g/mol. The largest absolute Gasteiger partial charge is 0.298 e. The van der Waals surface area contributed by atoms with Crippen LogP contribution in [0.2, 0.25) is 0 Å². The van der Waals surface area contributed by atoms with Gasteiger partial charge in [-0.2, -0.15) is 0 Å². The first-order valence-electron chi connectivity index (χ1n) is 4.05. The molecule has 2 aromatic rings. The first kappa shape index (κ1) is 9.34. The lowest BCUT2D eigenvalue weighted by Gasteiger charge is -2.02. The lowest BCUT2D eigenvalue weighted by atomic mass is 10.1. The van der Waals surface area contributed by atoms with Gasteiger partial charge in [-0.25, -0.2) is 4.39 Å². The van der Waals surface area contributed by atoms with Crippen LogP contribution in [-0.2, 0) is 0 Å².